The van der Waals surface area contributed by atoms with Crippen LogP contribution in [0.15, 0.2) is 0 Å². The van der Waals surface area contributed by atoms with E-state index in [1.807, 2.05) is 0 Å². The molecule has 0 rings (SSSR count). The maximum absolute atomic E-state index is 7.23. The topological polar surface area (TPSA) is 60.7 Å². The van der Waals surface area contributed by atoms with E-state index in [-0.39, 0.29) is 20.2 Å². The van der Waals surface area contributed by atoms with Gasteiger partial charge in [0.2, 0.25) is 0 Å². The second kappa shape index (κ2) is 4.84. The van der Waals surface area contributed by atoms with E-state index in [1.165, 1.54) is 0 Å². The Labute approximate surface area is 44.4 Å². The molecule has 0 amide bonds. The van der Waals surface area contributed by atoms with Crippen molar-refractivity contribution in [2.24, 2.45) is 0 Å². The molecule has 5 heteroatoms. The quantitative estimate of drug-likeness (QED) is 0.258. The van der Waals surface area contributed by atoms with E-state index in [0.29, 0.717) is 0 Å². The molecule has 0 atom stereocenters. The third-order valence-electron chi connectivity index (χ3n) is 0. The van der Waals surface area contributed by atoms with Gasteiger partial charge in [0.05, 0.1) is 0 Å². The predicted molar refractivity (Wildman–Crippen MR) is 25.7 cm³/mol. The molecule has 0 aliphatic heterocycles. The normalized spacial score (nSPS) is 7.20. The zero-order chi connectivity index (χ0) is 3.58. The second-order valence-corrected chi connectivity index (χ2v) is 0.805. The lowest BCUT2D eigenvalue weighted by Crippen LogP contribution is -1.54. The standard InChI is InChI=1S/Al.H3O3P.3H/c;1-4(2)3;;;/h;1-3H;;;/p+2. The Balaban J connectivity index is -0.0000000150. The van der Waals surface area contributed by atoms with Gasteiger partial charge in [-0.2, -0.15) is 0 Å². The highest BCUT2D eigenvalue weighted by molar-refractivity contribution is 7.38. The molecule has 3 nitrogen and oxygen atoms in total. The monoisotopic (exact) mass is 114 g/mol. The molecule has 0 bridgehead atoms. The molecule has 0 aromatic heterocycles. The molecule has 0 aromatic rings. The fourth-order valence-electron chi connectivity index (χ4n) is 0. The van der Waals surface area contributed by atoms with Gasteiger partial charge in [0.25, 0.3) is 0 Å². The summed E-state index contributed by atoms with van der Waals surface area (Å²) in [5, 5.41) is 0. The van der Waals surface area contributed by atoms with E-state index >= 15 is 0 Å². The summed E-state index contributed by atoms with van der Waals surface area (Å²) in [4.78, 5) is 21.7. The number of hydrogen-bond donors (Lipinski definition) is 3. The van der Waals surface area contributed by atoms with Crippen LogP contribution in [-0.4, -0.2) is 32.0 Å². The molecule has 0 spiro atoms. The van der Waals surface area contributed by atoms with Gasteiger partial charge in [-0.05, 0) is 0 Å². The summed E-state index contributed by atoms with van der Waals surface area (Å²) in [6.45, 7) is 0. The maximum Gasteiger partial charge on any atom is 1.00 e. The van der Waals surface area contributed by atoms with Crippen LogP contribution in [0.4, 0.5) is 0 Å². The zero-order valence-electron chi connectivity index (χ0n) is 3.79. The lowest BCUT2D eigenvalue weighted by molar-refractivity contribution is 0.368. The van der Waals surface area contributed by atoms with E-state index < -0.39 is 8.60 Å². The van der Waals surface area contributed by atoms with Gasteiger partial charge >= 0.3 is 11.5 Å². The first-order valence-corrected chi connectivity index (χ1v) is 1.80. The minimum absolute atomic E-state index is 0. The van der Waals surface area contributed by atoms with Crippen molar-refractivity contribution in [2.75, 3.05) is 0 Å². The van der Waals surface area contributed by atoms with Gasteiger partial charge in [-0.3, -0.25) is 0 Å². The van der Waals surface area contributed by atoms with Gasteiger partial charge in [0, 0.05) is 0 Å². The Hall–Kier alpha value is 0.842. The van der Waals surface area contributed by atoms with Crippen molar-refractivity contribution in [2.45, 2.75) is 0 Å². The van der Waals surface area contributed by atoms with Crippen LogP contribution in [0.1, 0.15) is 2.85 Å². The highest BCUT2D eigenvalue weighted by Crippen LogP contribution is 2.11. The van der Waals surface area contributed by atoms with Crippen molar-refractivity contribution in [1.82, 2.24) is 0 Å². The van der Waals surface area contributed by atoms with Crippen LogP contribution < -0.4 is 0 Å². The van der Waals surface area contributed by atoms with Crippen LogP contribution >= 0.6 is 8.60 Å². The maximum atomic E-state index is 7.23. The number of hydrogen-bond acceptors (Lipinski definition) is 3. The first-order valence-electron chi connectivity index (χ1n) is 0.600. The summed E-state index contributed by atoms with van der Waals surface area (Å²) in [5.74, 6) is 0. The molecule has 0 saturated heterocycles. The molecule has 0 fully saturated rings. The van der Waals surface area contributed by atoms with E-state index in [1.54, 1.807) is 0 Å². The van der Waals surface area contributed by atoms with E-state index in [4.69, 9.17) is 14.7 Å². The molecule has 0 aliphatic rings. The lowest BCUT2D eigenvalue weighted by atomic mass is 15.8. The molecule has 0 aliphatic carbocycles. The molecule has 0 unspecified atom stereocenters. The highest BCUT2D eigenvalue weighted by atomic mass is 31.2. The molecule has 5 heavy (non-hydrogen) atoms. The summed E-state index contributed by atoms with van der Waals surface area (Å²) >= 11 is 0. The summed E-state index contributed by atoms with van der Waals surface area (Å²) in [7, 11) is -2.62. The van der Waals surface area contributed by atoms with Crippen molar-refractivity contribution < 1.29 is 17.5 Å². The van der Waals surface area contributed by atoms with Gasteiger partial charge in [0.15, 0.2) is 17.4 Å². The zero-order valence-corrected chi connectivity index (χ0v) is 2.68. The Morgan fingerprint density at radius 3 is 1.20 bits per heavy atom. The van der Waals surface area contributed by atoms with Crippen molar-refractivity contribution >= 4 is 26.0 Å². The fraction of sp³-hybridized carbons (Fsp3) is 0. The van der Waals surface area contributed by atoms with Crippen molar-refractivity contribution in [3.05, 3.63) is 0 Å². The second-order valence-electron chi connectivity index (χ2n) is 0.268. The van der Waals surface area contributed by atoms with E-state index in [9.17, 15) is 0 Å². The molecule has 0 saturated carbocycles. The van der Waals surface area contributed by atoms with Crippen molar-refractivity contribution in [1.29, 1.82) is 0 Å². The first kappa shape index (κ1) is 9.28. The molecule has 0 heterocycles. The summed E-state index contributed by atoms with van der Waals surface area (Å²) < 4.78 is 0. The van der Waals surface area contributed by atoms with Crippen LogP contribution in [-0.2, 0) is 0 Å². The number of rotatable bonds is 0. The smallest absolute Gasteiger partial charge is 0.328 e. The van der Waals surface area contributed by atoms with Crippen LogP contribution in [0, 0.1) is 0 Å². The minimum Gasteiger partial charge on any atom is -0.328 e. The molecule has 3 N–H and O–H groups in total. The van der Waals surface area contributed by atoms with Crippen molar-refractivity contribution in [3.63, 3.8) is 0 Å². The molecule has 32 valence electrons. The first-order chi connectivity index (χ1) is 1.73. The molecule has 0 aromatic carbocycles. The fourth-order valence-corrected chi connectivity index (χ4v) is 0. The minimum atomic E-state index is -2.62. The Kier molecular flexibility index (Phi) is 8.99. The summed E-state index contributed by atoms with van der Waals surface area (Å²) in [6, 6.07) is 0. The van der Waals surface area contributed by atoms with Gasteiger partial charge < -0.3 is 14.7 Å². The van der Waals surface area contributed by atoms with E-state index in [0.717, 1.165) is 0 Å². The van der Waals surface area contributed by atoms with Gasteiger partial charge in [-0.15, -0.1) is 0 Å². The largest absolute Gasteiger partial charge is 1.00 e. The average Bonchev–Trinajstić information content (AvgIpc) is 0.811. The van der Waals surface area contributed by atoms with Gasteiger partial charge in [0.1, 0.15) is 0 Å². The average molecular weight is 114 g/mol. The third-order valence-corrected chi connectivity index (χ3v) is 0. The Morgan fingerprint density at radius 2 is 1.20 bits per heavy atom. The van der Waals surface area contributed by atoms with Crippen molar-refractivity contribution in [3.8, 4) is 0 Å². The predicted octanol–water partition coefficient (Wildman–Crippen LogP) is -1.77. The third kappa shape index (κ3) is 55.1. The SMILES string of the molecule is OP(O)O.[AlH3].[H+].[H+]. The molecule has 0 radical (unpaired) electrons. The Morgan fingerprint density at radius 1 is 1.20 bits per heavy atom. The summed E-state index contributed by atoms with van der Waals surface area (Å²) in [5.41, 5.74) is 0. The van der Waals surface area contributed by atoms with Crippen LogP contribution in [0.25, 0.3) is 0 Å². The van der Waals surface area contributed by atoms with Gasteiger partial charge in [-0.1, -0.05) is 0 Å². The highest BCUT2D eigenvalue weighted by Gasteiger charge is 1.76. The molecular weight excluding hydrogens is 106 g/mol. The Bertz CT molecular complexity index is 17.7. The summed E-state index contributed by atoms with van der Waals surface area (Å²) in [6.07, 6.45) is 0. The van der Waals surface area contributed by atoms with Gasteiger partial charge in [-0.25, -0.2) is 0 Å². The van der Waals surface area contributed by atoms with E-state index in [2.05, 4.69) is 0 Å². The van der Waals surface area contributed by atoms with Crippen LogP contribution in [0.3, 0.4) is 0 Å². The van der Waals surface area contributed by atoms with Crippen LogP contribution in [0.2, 0.25) is 0 Å². The van der Waals surface area contributed by atoms with Crippen LogP contribution in [0.5, 0.6) is 0 Å². The molecular formula is H8AlO3P+2. The lowest BCUT2D eigenvalue weighted by Gasteiger charge is -1.76.